The number of hydrogen-bond acceptors (Lipinski definition) is 6. The number of nitrogens with zero attached hydrogens (tertiary/aromatic N) is 2. The van der Waals surface area contributed by atoms with Gasteiger partial charge in [-0.1, -0.05) is 54.3 Å². The van der Waals surface area contributed by atoms with E-state index >= 15 is 0 Å². The highest BCUT2D eigenvalue weighted by molar-refractivity contribution is 7.07. The van der Waals surface area contributed by atoms with Crippen LogP contribution in [0.4, 0.5) is 0 Å². The van der Waals surface area contributed by atoms with Gasteiger partial charge >= 0.3 is 5.97 Å². The molecule has 0 amide bonds. The molecule has 1 atom stereocenters. The van der Waals surface area contributed by atoms with Crippen LogP contribution in [0, 0.1) is 6.92 Å². The maximum absolute atomic E-state index is 13.3. The number of fused-ring (bicyclic) bond motifs is 1. The van der Waals surface area contributed by atoms with Gasteiger partial charge in [-0.25, -0.2) is 9.79 Å². The van der Waals surface area contributed by atoms with Crippen LogP contribution in [0.3, 0.4) is 0 Å². The Hall–Kier alpha value is -3.45. The first-order valence-electron chi connectivity index (χ1n) is 9.41. The van der Waals surface area contributed by atoms with Crippen LogP contribution in [-0.2, 0) is 9.53 Å². The minimum Gasteiger partial charge on any atom is -0.462 e. The molecule has 0 spiro atoms. The minimum atomic E-state index is -0.625. The highest BCUT2D eigenvalue weighted by Crippen LogP contribution is 2.30. The molecule has 6 nitrogen and oxygen atoms in total. The van der Waals surface area contributed by atoms with Crippen molar-refractivity contribution in [2.45, 2.75) is 19.9 Å². The van der Waals surface area contributed by atoms with Crippen LogP contribution in [0.25, 0.3) is 6.08 Å². The fraction of sp³-hybridized carbons (Fsp3) is 0.174. The van der Waals surface area contributed by atoms with Crippen LogP contribution in [0.15, 0.2) is 80.6 Å². The Morgan fingerprint density at radius 2 is 2.03 bits per heavy atom. The lowest BCUT2D eigenvalue weighted by Crippen LogP contribution is -2.39. The number of carbonyl (C=O) groups excluding carboxylic acids is 1. The first-order chi connectivity index (χ1) is 14.5. The first-order valence-corrected chi connectivity index (χ1v) is 10.2. The molecule has 4 rings (SSSR count). The Kier molecular flexibility index (Phi) is 5.37. The summed E-state index contributed by atoms with van der Waals surface area (Å²) in [6.07, 6.45) is 3.21. The summed E-state index contributed by atoms with van der Waals surface area (Å²) < 4.78 is 12.9. The zero-order chi connectivity index (χ0) is 21.3. The third kappa shape index (κ3) is 3.59. The SMILES string of the molecule is C=CCOC(=O)C1=C(C)N=c2s/c(=C\c3ccc(C)o3)c(=O)n2C1c1ccccc1. The Bertz CT molecular complexity index is 1330. The number of carbonyl (C=O) groups is 1. The van der Waals surface area contributed by atoms with Gasteiger partial charge in [-0.15, -0.1) is 0 Å². The summed E-state index contributed by atoms with van der Waals surface area (Å²) >= 11 is 1.27. The van der Waals surface area contributed by atoms with Crippen molar-refractivity contribution in [1.82, 2.24) is 4.57 Å². The molecular formula is C23H20N2O4S. The number of allylic oxidation sites excluding steroid dienone is 1. The lowest BCUT2D eigenvalue weighted by Gasteiger charge is -2.24. The molecule has 0 radical (unpaired) electrons. The molecule has 1 aromatic carbocycles. The van der Waals surface area contributed by atoms with Gasteiger partial charge in [-0.2, -0.15) is 0 Å². The number of rotatable bonds is 5. The Morgan fingerprint density at radius 3 is 2.70 bits per heavy atom. The molecule has 3 aromatic rings. The molecule has 0 fully saturated rings. The second-order valence-corrected chi connectivity index (χ2v) is 7.84. The van der Waals surface area contributed by atoms with Crippen molar-refractivity contribution in [3.8, 4) is 0 Å². The van der Waals surface area contributed by atoms with Crippen molar-refractivity contribution in [1.29, 1.82) is 0 Å². The molecule has 1 aliphatic heterocycles. The van der Waals surface area contributed by atoms with Gasteiger partial charge in [0, 0.05) is 6.08 Å². The number of hydrogen-bond donors (Lipinski definition) is 0. The molecule has 1 unspecified atom stereocenters. The van der Waals surface area contributed by atoms with E-state index in [0.29, 0.717) is 26.4 Å². The minimum absolute atomic E-state index is 0.0827. The lowest BCUT2D eigenvalue weighted by atomic mass is 9.96. The highest BCUT2D eigenvalue weighted by atomic mass is 32.1. The average Bonchev–Trinajstić information content (AvgIpc) is 3.28. The predicted molar refractivity (Wildman–Crippen MR) is 115 cm³/mol. The van der Waals surface area contributed by atoms with Crippen molar-refractivity contribution in [2.24, 2.45) is 4.99 Å². The quantitative estimate of drug-likeness (QED) is 0.470. The smallest absolute Gasteiger partial charge is 0.338 e. The third-order valence-corrected chi connectivity index (χ3v) is 5.71. The molecule has 1 aliphatic rings. The molecule has 0 aliphatic carbocycles. The molecule has 152 valence electrons. The molecule has 0 N–H and O–H groups in total. The monoisotopic (exact) mass is 420 g/mol. The molecule has 0 saturated heterocycles. The van der Waals surface area contributed by atoms with Crippen LogP contribution in [0.5, 0.6) is 0 Å². The second-order valence-electron chi connectivity index (χ2n) is 6.83. The number of aryl methyl sites for hydroxylation is 1. The van der Waals surface area contributed by atoms with E-state index in [9.17, 15) is 9.59 Å². The Morgan fingerprint density at radius 1 is 1.27 bits per heavy atom. The van der Waals surface area contributed by atoms with Crippen LogP contribution < -0.4 is 14.9 Å². The molecule has 2 aromatic heterocycles. The topological polar surface area (TPSA) is 73.8 Å². The summed E-state index contributed by atoms with van der Waals surface area (Å²) in [6.45, 7) is 7.27. The molecule has 0 saturated carbocycles. The summed E-state index contributed by atoms with van der Waals surface area (Å²) in [6, 6.07) is 12.4. The van der Waals surface area contributed by atoms with Crippen LogP contribution in [0.2, 0.25) is 0 Å². The zero-order valence-corrected chi connectivity index (χ0v) is 17.4. The Labute approximate surface area is 176 Å². The summed E-state index contributed by atoms with van der Waals surface area (Å²) in [4.78, 5) is 31.3. The predicted octanol–water partition coefficient (Wildman–Crippen LogP) is 2.87. The normalized spacial score (nSPS) is 16.2. The number of furan rings is 1. The summed E-state index contributed by atoms with van der Waals surface area (Å²) in [7, 11) is 0. The number of ether oxygens (including phenoxy) is 1. The van der Waals surface area contributed by atoms with E-state index in [1.165, 1.54) is 17.4 Å². The van der Waals surface area contributed by atoms with Gasteiger partial charge in [0.25, 0.3) is 5.56 Å². The van der Waals surface area contributed by atoms with Crippen LogP contribution >= 0.6 is 11.3 Å². The fourth-order valence-electron chi connectivity index (χ4n) is 3.41. The molecule has 30 heavy (non-hydrogen) atoms. The largest absolute Gasteiger partial charge is 0.462 e. The fourth-order valence-corrected chi connectivity index (χ4v) is 4.43. The van der Waals surface area contributed by atoms with Crippen LogP contribution in [0.1, 0.15) is 30.0 Å². The van der Waals surface area contributed by atoms with Gasteiger partial charge in [0.15, 0.2) is 4.80 Å². The van der Waals surface area contributed by atoms with E-state index in [0.717, 1.165) is 11.3 Å². The highest BCUT2D eigenvalue weighted by Gasteiger charge is 2.33. The van der Waals surface area contributed by atoms with Gasteiger partial charge in [-0.05, 0) is 31.5 Å². The number of benzene rings is 1. The van der Waals surface area contributed by atoms with Crippen molar-refractivity contribution >= 4 is 23.4 Å². The standard InChI is InChI=1S/C23H20N2O4S/c1-4-12-28-22(27)19-15(3)24-23-25(20(19)16-8-6-5-7-9-16)21(26)18(30-23)13-17-11-10-14(2)29-17/h4-11,13,20H,1,12H2,2-3H3/b18-13-. The molecule has 7 heteroatoms. The maximum Gasteiger partial charge on any atom is 0.338 e. The summed E-state index contributed by atoms with van der Waals surface area (Å²) in [5.74, 6) is 0.843. The second kappa shape index (κ2) is 8.12. The molecular weight excluding hydrogens is 400 g/mol. The third-order valence-electron chi connectivity index (χ3n) is 4.72. The van der Waals surface area contributed by atoms with E-state index in [-0.39, 0.29) is 12.2 Å². The van der Waals surface area contributed by atoms with Crippen molar-refractivity contribution < 1.29 is 13.9 Å². The van der Waals surface area contributed by atoms with Crippen LogP contribution in [-0.4, -0.2) is 17.1 Å². The number of thiazole rings is 1. The first kappa shape index (κ1) is 19.8. The van der Waals surface area contributed by atoms with E-state index in [2.05, 4.69) is 11.6 Å². The van der Waals surface area contributed by atoms with Gasteiger partial charge in [-0.3, -0.25) is 9.36 Å². The van der Waals surface area contributed by atoms with E-state index < -0.39 is 12.0 Å². The van der Waals surface area contributed by atoms with Crippen molar-refractivity contribution in [2.75, 3.05) is 6.61 Å². The average molecular weight is 420 g/mol. The molecule has 0 bridgehead atoms. The van der Waals surface area contributed by atoms with Crippen molar-refractivity contribution in [3.05, 3.63) is 103 Å². The lowest BCUT2D eigenvalue weighted by molar-refractivity contribution is -0.138. The summed E-state index contributed by atoms with van der Waals surface area (Å²) in [5.41, 5.74) is 1.44. The van der Waals surface area contributed by atoms with Gasteiger partial charge in [0.2, 0.25) is 0 Å². The van der Waals surface area contributed by atoms with E-state index in [1.54, 1.807) is 17.6 Å². The number of aromatic nitrogens is 1. The van der Waals surface area contributed by atoms with Gasteiger partial charge in [0.05, 0.1) is 21.8 Å². The maximum atomic E-state index is 13.3. The Balaban J connectivity index is 1.93. The zero-order valence-electron chi connectivity index (χ0n) is 16.6. The van der Waals surface area contributed by atoms with Gasteiger partial charge in [0.1, 0.15) is 18.1 Å². The summed E-state index contributed by atoms with van der Waals surface area (Å²) in [5, 5.41) is 0. The van der Waals surface area contributed by atoms with E-state index in [4.69, 9.17) is 9.15 Å². The van der Waals surface area contributed by atoms with Gasteiger partial charge < -0.3 is 9.15 Å². The van der Waals surface area contributed by atoms with Crippen molar-refractivity contribution in [3.63, 3.8) is 0 Å². The molecule has 3 heterocycles. The van der Waals surface area contributed by atoms with E-state index in [1.807, 2.05) is 49.4 Å². The number of esters is 1.